The molecule has 2 aromatic heterocycles. The van der Waals surface area contributed by atoms with Crippen molar-refractivity contribution in [2.75, 3.05) is 12.9 Å². The summed E-state index contributed by atoms with van der Waals surface area (Å²) in [5.41, 5.74) is 2.11. The van der Waals surface area contributed by atoms with Crippen LogP contribution in [0.15, 0.2) is 59.8 Å². The van der Waals surface area contributed by atoms with Crippen LogP contribution in [0, 0.1) is 17.5 Å². The van der Waals surface area contributed by atoms with Crippen LogP contribution in [0.4, 0.5) is 13.2 Å². The quantitative estimate of drug-likeness (QED) is 0.160. The summed E-state index contributed by atoms with van der Waals surface area (Å²) in [5, 5.41) is 0.487. The van der Waals surface area contributed by atoms with E-state index in [1.54, 1.807) is 18.5 Å². The molecule has 0 radical (unpaired) electrons. The van der Waals surface area contributed by atoms with Gasteiger partial charge in [0.25, 0.3) is 0 Å². The minimum atomic E-state index is -1.13. The first-order valence-corrected chi connectivity index (χ1v) is 13.8. The second kappa shape index (κ2) is 10.1. The third-order valence-electron chi connectivity index (χ3n) is 7.44. The number of fused-ring (bicyclic) bond motifs is 2. The first-order chi connectivity index (χ1) is 19.4. The van der Waals surface area contributed by atoms with Crippen molar-refractivity contribution in [3.05, 3.63) is 89.1 Å². The fraction of sp³-hybridized carbons (Fsp3) is 0.200. The largest absolute Gasteiger partial charge is 0.493 e. The van der Waals surface area contributed by atoms with Gasteiger partial charge in [0.1, 0.15) is 29.4 Å². The van der Waals surface area contributed by atoms with E-state index in [1.165, 1.54) is 36.2 Å². The van der Waals surface area contributed by atoms with Gasteiger partial charge < -0.3 is 24.2 Å². The molecule has 10 heteroatoms. The molecule has 3 heterocycles. The fourth-order valence-electron chi connectivity index (χ4n) is 5.28. The first kappa shape index (κ1) is 26.1. The molecule has 0 spiro atoms. The number of benzene rings is 3. The zero-order valence-corrected chi connectivity index (χ0v) is 22.4. The first-order valence-electron chi connectivity index (χ1n) is 12.6. The number of hydrogen-bond acceptors (Lipinski definition) is 5. The van der Waals surface area contributed by atoms with Crippen molar-refractivity contribution < 1.29 is 27.4 Å². The number of aromatic nitrogens is 3. The van der Waals surface area contributed by atoms with E-state index in [0.717, 1.165) is 23.1 Å². The van der Waals surface area contributed by atoms with E-state index < -0.39 is 22.9 Å². The summed E-state index contributed by atoms with van der Waals surface area (Å²) >= 11 is 1.22. The molecule has 0 unspecified atom stereocenters. The molecule has 0 bridgehead atoms. The van der Waals surface area contributed by atoms with Gasteiger partial charge in [-0.05, 0) is 43.9 Å². The number of para-hydroxylation sites is 1. The zero-order valence-electron chi connectivity index (χ0n) is 21.6. The smallest absolute Gasteiger partial charge is 0.204 e. The van der Waals surface area contributed by atoms with Crippen LogP contribution >= 0.6 is 11.8 Å². The third kappa shape index (κ3) is 4.14. The number of thioether (sulfide) groups is 1. The Kier molecular flexibility index (Phi) is 6.58. The molecule has 6 nitrogen and oxygen atoms in total. The van der Waals surface area contributed by atoms with Gasteiger partial charge in [-0.2, -0.15) is 4.39 Å². The molecule has 3 aromatic carbocycles. The van der Waals surface area contributed by atoms with E-state index in [2.05, 4.69) is 15.0 Å². The molecule has 1 aliphatic rings. The van der Waals surface area contributed by atoms with Crippen LogP contribution in [-0.2, 0) is 16.6 Å². The second-order valence-corrected chi connectivity index (χ2v) is 10.6. The number of nitrogens with zero attached hydrogens (tertiary/aromatic N) is 1. The topological polar surface area (TPSA) is 80.0 Å². The highest BCUT2D eigenvalue weighted by Gasteiger charge is 2.37. The Labute approximate surface area is 231 Å². The number of carbonyl (C=O) groups excluding carboxylic acids is 1. The van der Waals surface area contributed by atoms with Crippen LogP contribution in [0.2, 0.25) is 0 Å². The van der Waals surface area contributed by atoms with Crippen molar-refractivity contribution in [3.8, 4) is 28.6 Å². The Balaban J connectivity index is 1.37. The maximum atomic E-state index is 15.1. The fourth-order valence-corrected chi connectivity index (χ4v) is 5.99. The summed E-state index contributed by atoms with van der Waals surface area (Å²) in [5.74, 6) is -1.95. The molecule has 1 atom stereocenters. The lowest BCUT2D eigenvalue weighted by Crippen LogP contribution is -2.32. The minimum absolute atomic E-state index is 0.0542. The Bertz CT molecular complexity index is 1770. The molecule has 0 fully saturated rings. The van der Waals surface area contributed by atoms with Gasteiger partial charge in [-0.3, -0.25) is 0 Å². The maximum absolute atomic E-state index is 15.1. The summed E-state index contributed by atoms with van der Waals surface area (Å²) in [7, 11) is 0. The lowest BCUT2D eigenvalue weighted by atomic mass is 9.74. The van der Waals surface area contributed by atoms with E-state index in [0.29, 0.717) is 29.1 Å². The number of halogens is 3. The van der Waals surface area contributed by atoms with Crippen molar-refractivity contribution >= 4 is 29.0 Å². The van der Waals surface area contributed by atoms with Gasteiger partial charge in [-0.15, -0.1) is 11.8 Å². The van der Waals surface area contributed by atoms with Crippen molar-refractivity contribution in [1.29, 1.82) is 0 Å². The Morgan fingerprint density at radius 1 is 1.18 bits per heavy atom. The highest BCUT2D eigenvalue weighted by Crippen LogP contribution is 2.45. The molecule has 0 aliphatic carbocycles. The van der Waals surface area contributed by atoms with Gasteiger partial charge in [-0.25, -0.2) is 13.8 Å². The summed E-state index contributed by atoms with van der Waals surface area (Å²) in [6.45, 7) is 2.49. The van der Waals surface area contributed by atoms with Gasteiger partial charge in [0.05, 0.1) is 22.6 Å². The van der Waals surface area contributed by atoms with E-state index in [1.807, 2.05) is 25.1 Å². The van der Waals surface area contributed by atoms with Crippen molar-refractivity contribution in [3.63, 3.8) is 0 Å². The van der Waals surface area contributed by atoms with Crippen molar-refractivity contribution in [1.82, 2.24) is 15.0 Å². The van der Waals surface area contributed by atoms with Crippen molar-refractivity contribution in [2.45, 2.75) is 30.1 Å². The van der Waals surface area contributed by atoms with Gasteiger partial charge >= 0.3 is 0 Å². The normalized spacial score (nSPS) is 16.5. The molecule has 6 rings (SSSR count). The minimum Gasteiger partial charge on any atom is -0.493 e. The standard InChI is InChI=1S/C30H24F3N3O3S/c1-30(10-13-38-26-16(9-12-37)4-3-5-20(26)30)22-15-35-29(36-22)19-14-17(6-7-21(19)31)39-27-24(33)23(32)25-18(8-11-34-25)28(27)40-2/h3-8,11-12,14-15,34H,9-10,13H2,1-2H3,(H,35,36)/t30-/m0/s1. The van der Waals surface area contributed by atoms with E-state index in [9.17, 15) is 9.18 Å². The average Bonchev–Trinajstić information content (AvgIpc) is 3.65. The number of hydrogen-bond donors (Lipinski definition) is 2. The van der Waals surface area contributed by atoms with Crippen LogP contribution < -0.4 is 9.47 Å². The average molecular weight is 564 g/mol. The molecule has 1 aliphatic heterocycles. The van der Waals surface area contributed by atoms with Crippen molar-refractivity contribution in [2.24, 2.45) is 0 Å². The number of rotatable bonds is 7. The highest BCUT2D eigenvalue weighted by atomic mass is 32.2. The lowest BCUT2D eigenvalue weighted by Gasteiger charge is -2.35. The Morgan fingerprint density at radius 3 is 2.83 bits per heavy atom. The lowest BCUT2D eigenvalue weighted by molar-refractivity contribution is -0.107. The maximum Gasteiger partial charge on any atom is 0.204 e. The molecule has 5 aromatic rings. The van der Waals surface area contributed by atoms with E-state index in [4.69, 9.17) is 9.47 Å². The number of aromatic amines is 2. The molecule has 2 N–H and O–H groups in total. The number of aldehydes is 1. The molecule has 40 heavy (non-hydrogen) atoms. The van der Waals surface area contributed by atoms with Crippen LogP contribution in [0.25, 0.3) is 22.3 Å². The number of imidazole rings is 1. The SMILES string of the molecule is CSc1c(Oc2ccc(F)c(-c3ncc([C@@]4(C)CCOc5c(CC=O)cccc54)[nH]3)c2)c(F)c(F)c2[nH]ccc12. The monoisotopic (exact) mass is 563 g/mol. The summed E-state index contributed by atoms with van der Waals surface area (Å²) < 4.78 is 56.6. The second-order valence-electron chi connectivity index (χ2n) is 9.74. The number of ether oxygens (including phenoxy) is 2. The Hall–Kier alpha value is -4.18. The number of carbonyl (C=O) groups is 1. The van der Waals surface area contributed by atoms with E-state index in [-0.39, 0.29) is 34.8 Å². The van der Waals surface area contributed by atoms with Crippen LogP contribution in [-0.4, -0.2) is 34.1 Å². The molecule has 0 amide bonds. The summed E-state index contributed by atoms with van der Waals surface area (Å²) in [4.78, 5) is 22.0. The molecular weight excluding hydrogens is 539 g/mol. The third-order valence-corrected chi connectivity index (χ3v) is 8.25. The number of H-pyrrole nitrogens is 2. The summed E-state index contributed by atoms with van der Waals surface area (Å²) in [6.07, 6.45) is 6.65. The van der Waals surface area contributed by atoms with E-state index >= 15 is 8.78 Å². The Morgan fingerprint density at radius 2 is 2.02 bits per heavy atom. The summed E-state index contributed by atoms with van der Waals surface area (Å²) in [6, 6.07) is 11.3. The van der Waals surface area contributed by atoms with Gasteiger partial charge in [-0.1, -0.05) is 18.2 Å². The highest BCUT2D eigenvalue weighted by molar-refractivity contribution is 7.99. The molecule has 204 valence electrons. The van der Waals surface area contributed by atoms with Crippen LogP contribution in [0.3, 0.4) is 0 Å². The van der Waals surface area contributed by atoms with Crippen LogP contribution in [0.5, 0.6) is 17.2 Å². The molecule has 0 saturated heterocycles. The zero-order chi connectivity index (χ0) is 28.0. The number of nitrogens with one attached hydrogen (secondary N) is 2. The predicted octanol–water partition coefficient (Wildman–Crippen LogP) is 7.32. The predicted molar refractivity (Wildman–Crippen MR) is 147 cm³/mol. The van der Waals surface area contributed by atoms with Crippen LogP contribution in [0.1, 0.15) is 30.2 Å². The van der Waals surface area contributed by atoms with Gasteiger partial charge in [0.2, 0.25) is 5.82 Å². The molecule has 0 saturated carbocycles. The van der Waals surface area contributed by atoms with Gasteiger partial charge in [0.15, 0.2) is 11.6 Å². The molecular formula is C30H24F3N3O3S. The van der Waals surface area contributed by atoms with Gasteiger partial charge in [0, 0.05) is 46.4 Å².